The Morgan fingerprint density at radius 1 is 1.16 bits per heavy atom. The lowest BCUT2D eigenvalue weighted by Crippen LogP contribution is -2.48. The first-order chi connectivity index (χ1) is 14.9. The summed E-state index contributed by atoms with van der Waals surface area (Å²) in [7, 11) is -3.90. The van der Waals surface area contributed by atoms with E-state index in [2.05, 4.69) is 11.4 Å². The van der Waals surface area contributed by atoms with Crippen LogP contribution in [0.4, 0.5) is 5.69 Å². The summed E-state index contributed by atoms with van der Waals surface area (Å²) in [6.07, 6.45) is -0.486. The Hall–Kier alpha value is -2.44. The minimum absolute atomic E-state index is 0.0523. The van der Waals surface area contributed by atoms with Crippen molar-refractivity contribution in [1.82, 2.24) is 4.31 Å². The standard InChI is InChI=1S/C23H26ClN3O4S/c1-15-12-27(13-16(2)31-15)32(29,30)21-11-17(5-10-20(21)24)22(28)26-19-8-6-18(7-9-19)23(3,4)14-25/h5-11,15-16H,12-13H2,1-4H3,(H,26,28). The van der Waals surface area contributed by atoms with E-state index in [1.54, 1.807) is 24.3 Å². The van der Waals surface area contributed by atoms with Gasteiger partial charge in [0.25, 0.3) is 5.91 Å². The van der Waals surface area contributed by atoms with Gasteiger partial charge in [0.2, 0.25) is 10.0 Å². The van der Waals surface area contributed by atoms with E-state index >= 15 is 0 Å². The van der Waals surface area contributed by atoms with E-state index in [9.17, 15) is 18.5 Å². The normalized spacial score (nSPS) is 19.9. The van der Waals surface area contributed by atoms with Crippen molar-refractivity contribution < 1.29 is 17.9 Å². The van der Waals surface area contributed by atoms with Crippen molar-refractivity contribution in [2.45, 2.75) is 50.2 Å². The van der Waals surface area contributed by atoms with E-state index in [0.717, 1.165) is 5.56 Å². The fourth-order valence-corrected chi connectivity index (χ4v) is 5.64. The van der Waals surface area contributed by atoms with E-state index in [1.165, 1.54) is 22.5 Å². The summed E-state index contributed by atoms with van der Waals surface area (Å²) in [5.41, 5.74) is 0.884. The third-order valence-corrected chi connectivity index (χ3v) is 7.65. The topological polar surface area (TPSA) is 99.5 Å². The molecule has 2 atom stereocenters. The zero-order valence-electron chi connectivity index (χ0n) is 18.4. The van der Waals surface area contributed by atoms with Crippen LogP contribution >= 0.6 is 11.6 Å². The third kappa shape index (κ3) is 5.13. The van der Waals surface area contributed by atoms with Crippen LogP contribution in [0.1, 0.15) is 43.6 Å². The number of anilines is 1. The fraction of sp³-hybridized carbons (Fsp3) is 0.391. The summed E-state index contributed by atoms with van der Waals surface area (Å²) in [6, 6.07) is 13.4. The Bertz CT molecular complexity index is 1150. The van der Waals surface area contributed by atoms with Gasteiger partial charge in [-0.05, 0) is 63.6 Å². The number of hydrogen-bond donors (Lipinski definition) is 1. The van der Waals surface area contributed by atoms with Gasteiger partial charge < -0.3 is 10.1 Å². The molecule has 1 heterocycles. The number of benzene rings is 2. The van der Waals surface area contributed by atoms with Gasteiger partial charge in [-0.1, -0.05) is 23.7 Å². The minimum Gasteiger partial charge on any atom is -0.373 e. The van der Waals surface area contributed by atoms with Crippen LogP contribution in [0.25, 0.3) is 0 Å². The van der Waals surface area contributed by atoms with Crippen molar-refractivity contribution in [2.24, 2.45) is 0 Å². The minimum atomic E-state index is -3.90. The second kappa shape index (κ2) is 9.20. The number of nitrogens with zero attached hydrogens (tertiary/aromatic N) is 2. The third-order valence-electron chi connectivity index (χ3n) is 5.34. The molecule has 0 bridgehead atoms. The van der Waals surface area contributed by atoms with Crippen LogP contribution < -0.4 is 5.32 Å². The summed E-state index contributed by atoms with van der Waals surface area (Å²) in [6.45, 7) is 7.67. The summed E-state index contributed by atoms with van der Waals surface area (Å²) in [5, 5.41) is 12.1. The van der Waals surface area contributed by atoms with Crippen LogP contribution in [0, 0.1) is 11.3 Å². The van der Waals surface area contributed by atoms with Crippen molar-refractivity contribution in [1.29, 1.82) is 5.26 Å². The Morgan fingerprint density at radius 3 is 2.31 bits per heavy atom. The predicted octanol–water partition coefficient (Wildman–Crippen LogP) is 4.19. The molecule has 1 fully saturated rings. The van der Waals surface area contributed by atoms with Crippen molar-refractivity contribution >= 4 is 33.2 Å². The number of amides is 1. The van der Waals surface area contributed by atoms with Gasteiger partial charge in [0.05, 0.1) is 28.7 Å². The van der Waals surface area contributed by atoms with E-state index in [4.69, 9.17) is 16.3 Å². The molecule has 32 heavy (non-hydrogen) atoms. The fourth-order valence-electron chi connectivity index (χ4n) is 3.55. The van der Waals surface area contributed by atoms with Crippen molar-refractivity contribution in [3.05, 3.63) is 58.6 Å². The highest BCUT2D eigenvalue weighted by Gasteiger charge is 2.34. The molecule has 2 aromatic rings. The summed E-state index contributed by atoms with van der Waals surface area (Å²) in [4.78, 5) is 12.7. The molecule has 1 aliphatic rings. The molecule has 0 saturated carbocycles. The van der Waals surface area contributed by atoms with Gasteiger partial charge in [-0.15, -0.1) is 0 Å². The maximum absolute atomic E-state index is 13.2. The second-order valence-electron chi connectivity index (χ2n) is 8.49. The highest BCUT2D eigenvalue weighted by atomic mass is 35.5. The van der Waals surface area contributed by atoms with Gasteiger partial charge in [-0.2, -0.15) is 9.57 Å². The Balaban J connectivity index is 1.84. The quantitative estimate of drug-likeness (QED) is 0.698. The van der Waals surface area contributed by atoms with E-state index in [0.29, 0.717) is 5.69 Å². The molecule has 0 radical (unpaired) electrons. The van der Waals surface area contributed by atoms with Gasteiger partial charge in [0.1, 0.15) is 4.90 Å². The Labute approximate surface area is 194 Å². The monoisotopic (exact) mass is 475 g/mol. The van der Waals surface area contributed by atoms with Crippen molar-refractivity contribution in [3.63, 3.8) is 0 Å². The number of carbonyl (C=O) groups excluding carboxylic acids is 1. The molecule has 3 rings (SSSR count). The lowest BCUT2D eigenvalue weighted by Gasteiger charge is -2.34. The average molecular weight is 476 g/mol. The number of morpholine rings is 1. The van der Waals surface area contributed by atoms with Crippen LogP contribution in [-0.2, 0) is 20.2 Å². The van der Waals surface area contributed by atoms with Gasteiger partial charge in [0, 0.05) is 24.3 Å². The average Bonchev–Trinajstić information content (AvgIpc) is 2.73. The van der Waals surface area contributed by atoms with Crippen LogP contribution in [0.3, 0.4) is 0 Å². The molecular weight excluding hydrogens is 450 g/mol. The number of halogens is 1. The number of rotatable bonds is 5. The van der Waals surface area contributed by atoms with Crippen molar-refractivity contribution in [3.8, 4) is 6.07 Å². The summed E-state index contributed by atoms with van der Waals surface area (Å²) in [5.74, 6) is -0.464. The maximum Gasteiger partial charge on any atom is 0.255 e. The van der Waals surface area contributed by atoms with Crippen LogP contribution in [0.15, 0.2) is 47.4 Å². The predicted molar refractivity (Wildman–Crippen MR) is 123 cm³/mol. The van der Waals surface area contributed by atoms with Gasteiger partial charge >= 0.3 is 0 Å². The number of carbonyl (C=O) groups is 1. The molecule has 1 aliphatic heterocycles. The molecule has 2 aromatic carbocycles. The molecule has 170 valence electrons. The molecule has 1 amide bonds. The van der Waals surface area contributed by atoms with Crippen LogP contribution in [-0.4, -0.2) is 43.9 Å². The zero-order chi connectivity index (χ0) is 23.7. The molecule has 0 spiro atoms. The number of hydrogen-bond acceptors (Lipinski definition) is 5. The lowest BCUT2D eigenvalue weighted by atomic mass is 9.86. The number of nitriles is 1. The molecule has 0 aromatic heterocycles. The molecule has 0 aliphatic carbocycles. The Morgan fingerprint density at radius 2 is 1.75 bits per heavy atom. The molecule has 2 unspecified atom stereocenters. The lowest BCUT2D eigenvalue weighted by molar-refractivity contribution is -0.0440. The molecule has 1 saturated heterocycles. The smallest absolute Gasteiger partial charge is 0.255 e. The van der Waals surface area contributed by atoms with Gasteiger partial charge in [-0.25, -0.2) is 8.42 Å². The SMILES string of the molecule is CC1CN(S(=O)(=O)c2cc(C(=O)Nc3ccc(C(C)(C)C#N)cc3)ccc2Cl)CC(C)O1. The largest absolute Gasteiger partial charge is 0.373 e. The molecule has 9 heteroatoms. The molecular formula is C23H26ClN3O4S. The van der Waals surface area contributed by atoms with E-state index < -0.39 is 21.3 Å². The van der Waals surface area contributed by atoms with Gasteiger partial charge in [-0.3, -0.25) is 4.79 Å². The number of sulfonamides is 1. The maximum atomic E-state index is 13.2. The summed E-state index contributed by atoms with van der Waals surface area (Å²) >= 11 is 6.22. The van der Waals surface area contributed by atoms with Crippen LogP contribution in [0.2, 0.25) is 5.02 Å². The first-order valence-electron chi connectivity index (χ1n) is 10.2. The van der Waals surface area contributed by atoms with Crippen molar-refractivity contribution in [2.75, 3.05) is 18.4 Å². The first kappa shape index (κ1) is 24.2. The van der Waals surface area contributed by atoms with E-state index in [1.807, 2.05) is 27.7 Å². The second-order valence-corrected chi connectivity index (χ2v) is 10.8. The number of ether oxygens (including phenoxy) is 1. The van der Waals surface area contributed by atoms with Gasteiger partial charge in [0.15, 0.2) is 0 Å². The first-order valence-corrected chi connectivity index (χ1v) is 12.0. The van der Waals surface area contributed by atoms with E-state index in [-0.39, 0.29) is 40.8 Å². The highest BCUT2D eigenvalue weighted by Crippen LogP contribution is 2.29. The highest BCUT2D eigenvalue weighted by molar-refractivity contribution is 7.89. The zero-order valence-corrected chi connectivity index (χ0v) is 20.0. The number of nitrogens with one attached hydrogen (secondary N) is 1. The van der Waals surface area contributed by atoms with Crippen LogP contribution in [0.5, 0.6) is 0 Å². The summed E-state index contributed by atoms with van der Waals surface area (Å²) < 4.78 is 33.4. The molecule has 7 nitrogen and oxygen atoms in total. The molecule has 1 N–H and O–H groups in total. The Kier molecular flexibility index (Phi) is 6.96.